The Labute approximate surface area is 168 Å². The Bertz CT molecular complexity index is 1040. The van der Waals surface area contributed by atoms with Crippen LogP contribution in [0.25, 0.3) is 16.7 Å². The minimum Gasteiger partial charge on any atom is -0.383 e. The van der Waals surface area contributed by atoms with Crippen LogP contribution in [-0.2, 0) is 11.3 Å². The van der Waals surface area contributed by atoms with Gasteiger partial charge in [-0.05, 0) is 37.3 Å². The molecule has 1 aliphatic rings. The monoisotopic (exact) mass is 399 g/mol. The number of fused-ring (bicyclic) bond motifs is 1. The van der Waals surface area contributed by atoms with Crippen molar-refractivity contribution in [1.29, 1.82) is 0 Å². The van der Waals surface area contributed by atoms with Gasteiger partial charge in [-0.3, -0.25) is 14.6 Å². The van der Waals surface area contributed by atoms with Crippen LogP contribution in [0.3, 0.4) is 0 Å². The van der Waals surface area contributed by atoms with Crippen LogP contribution in [0.15, 0.2) is 35.1 Å². The van der Waals surface area contributed by atoms with Gasteiger partial charge in [0.1, 0.15) is 11.5 Å². The molecule has 1 saturated heterocycles. The van der Waals surface area contributed by atoms with Crippen LogP contribution >= 0.6 is 0 Å². The predicted molar refractivity (Wildman–Crippen MR) is 110 cm³/mol. The van der Waals surface area contributed by atoms with E-state index in [-0.39, 0.29) is 11.4 Å². The number of rotatable bonds is 6. The van der Waals surface area contributed by atoms with E-state index < -0.39 is 0 Å². The van der Waals surface area contributed by atoms with Gasteiger partial charge in [0, 0.05) is 57.3 Å². The number of hydrogen-bond acceptors (Lipinski definition) is 5. The lowest BCUT2D eigenvalue weighted by Gasteiger charge is -2.34. The normalized spacial score (nSPS) is 16.0. The second-order valence-electron chi connectivity index (χ2n) is 7.47. The summed E-state index contributed by atoms with van der Waals surface area (Å²) < 4.78 is 20.0. The van der Waals surface area contributed by atoms with Crippen LogP contribution < -0.4 is 5.56 Å². The summed E-state index contributed by atoms with van der Waals surface area (Å²) >= 11 is 0. The highest BCUT2D eigenvalue weighted by atomic mass is 19.1. The number of aromatic nitrogens is 3. The molecule has 4 rings (SSSR count). The first-order chi connectivity index (χ1) is 14.0. The number of hydrogen-bond donors (Lipinski definition) is 1. The van der Waals surface area contributed by atoms with Crippen LogP contribution in [-0.4, -0.2) is 71.0 Å². The van der Waals surface area contributed by atoms with E-state index in [0.29, 0.717) is 17.9 Å². The summed E-state index contributed by atoms with van der Waals surface area (Å²) in [5.74, 6) is -0.306. The van der Waals surface area contributed by atoms with Crippen LogP contribution in [0.4, 0.5) is 4.39 Å². The minimum atomic E-state index is -0.306. The quantitative estimate of drug-likeness (QED) is 0.686. The minimum absolute atomic E-state index is 0.109. The first kappa shape index (κ1) is 19.8. The summed E-state index contributed by atoms with van der Waals surface area (Å²) in [5.41, 5.74) is 2.80. The highest BCUT2D eigenvalue weighted by Crippen LogP contribution is 2.20. The van der Waals surface area contributed by atoms with Gasteiger partial charge in [0.25, 0.3) is 5.56 Å². The Hall–Kier alpha value is -2.55. The Kier molecular flexibility index (Phi) is 5.75. The molecule has 0 atom stereocenters. The molecular weight excluding hydrogens is 373 g/mol. The van der Waals surface area contributed by atoms with E-state index in [1.165, 1.54) is 12.1 Å². The maximum absolute atomic E-state index is 13.2. The molecule has 0 amide bonds. The van der Waals surface area contributed by atoms with E-state index in [9.17, 15) is 9.18 Å². The molecule has 1 aromatic carbocycles. The molecule has 0 saturated carbocycles. The predicted octanol–water partition coefficient (Wildman–Crippen LogP) is 1.93. The Morgan fingerprint density at radius 1 is 1.14 bits per heavy atom. The van der Waals surface area contributed by atoms with Crippen LogP contribution in [0, 0.1) is 12.7 Å². The summed E-state index contributed by atoms with van der Waals surface area (Å²) in [6.45, 7) is 8.02. The molecule has 154 valence electrons. The van der Waals surface area contributed by atoms with E-state index >= 15 is 0 Å². The number of benzene rings is 1. The summed E-state index contributed by atoms with van der Waals surface area (Å²) in [6.07, 6.45) is 0. The van der Waals surface area contributed by atoms with Crippen molar-refractivity contribution in [1.82, 2.24) is 24.6 Å². The van der Waals surface area contributed by atoms with Gasteiger partial charge in [0.2, 0.25) is 0 Å². The zero-order chi connectivity index (χ0) is 20.4. The third-order valence-electron chi connectivity index (χ3n) is 5.49. The van der Waals surface area contributed by atoms with Gasteiger partial charge in [0.05, 0.1) is 18.0 Å². The average Bonchev–Trinajstić information content (AvgIpc) is 3.04. The van der Waals surface area contributed by atoms with E-state index in [1.54, 1.807) is 23.9 Å². The number of nitrogens with one attached hydrogen (secondary N) is 1. The molecule has 3 aromatic rings. The molecule has 0 radical (unpaired) electrons. The molecule has 7 nitrogen and oxygen atoms in total. The standard InChI is InChI=1S/C21H26FN5O2/c1-15-19-13-16(14-26-9-7-25(8-10-26)11-12-29-2)21(28)23-20(19)27(24-15)18-5-3-17(22)4-6-18/h3-6,13H,7-12,14H2,1-2H3,(H,23,28). The molecule has 29 heavy (non-hydrogen) atoms. The Balaban J connectivity index is 1.55. The summed E-state index contributed by atoms with van der Waals surface area (Å²) in [4.78, 5) is 20.4. The number of H-pyrrole nitrogens is 1. The van der Waals surface area contributed by atoms with Crippen molar-refractivity contribution in [3.8, 4) is 5.69 Å². The molecule has 8 heteroatoms. The number of aromatic amines is 1. The van der Waals surface area contributed by atoms with E-state index in [4.69, 9.17) is 4.74 Å². The lowest BCUT2D eigenvalue weighted by molar-refractivity contribution is 0.0936. The summed E-state index contributed by atoms with van der Waals surface area (Å²) in [7, 11) is 1.72. The Morgan fingerprint density at radius 2 is 1.83 bits per heavy atom. The molecular formula is C21H26FN5O2. The number of pyridine rings is 1. The van der Waals surface area contributed by atoms with Gasteiger partial charge >= 0.3 is 0 Å². The average molecular weight is 399 g/mol. The van der Waals surface area contributed by atoms with Crippen molar-refractivity contribution >= 4 is 11.0 Å². The van der Waals surface area contributed by atoms with Gasteiger partial charge in [0.15, 0.2) is 0 Å². The van der Waals surface area contributed by atoms with Crippen LogP contribution in [0.2, 0.25) is 0 Å². The lowest BCUT2D eigenvalue weighted by Crippen LogP contribution is -2.47. The largest absolute Gasteiger partial charge is 0.383 e. The molecule has 1 fully saturated rings. The molecule has 1 N–H and O–H groups in total. The highest BCUT2D eigenvalue weighted by Gasteiger charge is 2.19. The fourth-order valence-corrected chi connectivity index (χ4v) is 3.78. The number of aryl methyl sites for hydroxylation is 1. The van der Waals surface area contributed by atoms with Crippen molar-refractivity contribution in [3.63, 3.8) is 0 Å². The summed E-state index contributed by atoms with van der Waals surface area (Å²) in [6, 6.07) is 8.01. The van der Waals surface area contributed by atoms with E-state index in [1.807, 2.05) is 13.0 Å². The van der Waals surface area contributed by atoms with Gasteiger partial charge in [-0.25, -0.2) is 9.07 Å². The third-order valence-corrected chi connectivity index (χ3v) is 5.49. The van der Waals surface area contributed by atoms with Crippen molar-refractivity contribution in [2.75, 3.05) is 46.4 Å². The highest BCUT2D eigenvalue weighted by molar-refractivity contribution is 5.80. The molecule has 1 aliphatic heterocycles. The molecule has 0 spiro atoms. The topological polar surface area (TPSA) is 66.4 Å². The van der Waals surface area contributed by atoms with Gasteiger partial charge < -0.3 is 9.72 Å². The first-order valence-electron chi connectivity index (χ1n) is 9.86. The SMILES string of the molecule is COCCN1CCN(Cc2cc3c(C)nn(-c4ccc(F)cc4)c3[nH]c2=O)CC1. The second-order valence-corrected chi connectivity index (χ2v) is 7.47. The number of methoxy groups -OCH3 is 1. The first-order valence-corrected chi connectivity index (χ1v) is 9.86. The van der Waals surface area contributed by atoms with Crippen LogP contribution in [0.1, 0.15) is 11.3 Å². The number of halogens is 1. The molecule has 0 aliphatic carbocycles. The molecule has 0 unspecified atom stereocenters. The van der Waals surface area contributed by atoms with Crippen molar-refractivity contribution in [2.45, 2.75) is 13.5 Å². The van der Waals surface area contributed by atoms with Crippen molar-refractivity contribution < 1.29 is 9.13 Å². The van der Waals surface area contributed by atoms with Gasteiger partial charge in [-0.1, -0.05) is 0 Å². The zero-order valence-corrected chi connectivity index (χ0v) is 16.8. The van der Waals surface area contributed by atoms with Crippen molar-refractivity contribution in [3.05, 3.63) is 57.8 Å². The van der Waals surface area contributed by atoms with Gasteiger partial charge in [-0.2, -0.15) is 5.10 Å². The fourth-order valence-electron chi connectivity index (χ4n) is 3.78. The fraction of sp³-hybridized carbons (Fsp3) is 0.429. The number of nitrogens with zero attached hydrogens (tertiary/aromatic N) is 4. The zero-order valence-electron chi connectivity index (χ0n) is 16.8. The number of piperazine rings is 1. The van der Waals surface area contributed by atoms with E-state index in [0.717, 1.165) is 56.0 Å². The van der Waals surface area contributed by atoms with Crippen molar-refractivity contribution in [2.24, 2.45) is 0 Å². The molecule has 0 bridgehead atoms. The number of ether oxygens (including phenoxy) is 1. The second kappa shape index (κ2) is 8.44. The maximum atomic E-state index is 13.2. The van der Waals surface area contributed by atoms with E-state index in [2.05, 4.69) is 19.9 Å². The molecule has 3 heterocycles. The summed E-state index contributed by atoms with van der Waals surface area (Å²) in [5, 5.41) is 5.45. The van der Waals surface area contributed by atoms with Crippen LogP contribution in [0.5, 0.6) is 0 Å². The van der Waals surface area contributed by atoms with Gasteiger partial charge in [-0.15, -0.1) is 0 Å². The maximum Gasteiger partial charge on any atom is 0.254 e. The molecule has 2 aromatic heterocycles. The third kappa shape index (κ3) is 4.24. The smallest absolute Gasteiger partial charge is 0.254 e. The Morgan fingerprint density at radius 3 is 2.52 bits per heavy atom. The lowest BCUT2D eigenvalue weighted by atomic mass is 10.2.